The zero-order valence-electron chi connectivity index (χ0n) is 7.14. The summed E-state index contributed by atoms with van der Waals surface area (Å²) < 4.78 is 0.622. The zero-order chi connectivity index (χ0) is 9.26. The molecule has 1 atom stereocenters. The van der Waals surface area contributed by atoms with Crippen LogP contribution in [0.25, 0.3) is 0 Å². The van der Waals surface area contributed by atoms with Gasteiger partial charge in [0.1, 0.15) is 0 Å². The van der Waals surface area contributed by atoms with Gasteiger partial charge in [-0.2, -0.15) is 0 Å². The molecule has 0 bridgehead atoms. The van der Waals surface area contributed by atoms with E-state index < -0.39 is 0 Å². The van der Waals surface area contributed by atoms with Crippen LogP contribution < -0.4 is 10.9 Å². The molecule has 4 heteroatoms. The van der Waals surface area contributed by atoms with E-state index in [1.807, 2.05) is 12.3 Å². The summed E-state index contributed by atoms with van der Waals surface area (Å²) >= 11 is 3.23. The second-order valence-electron chi connectivity index (χ2n) is 3.30. The van der Waals surface area contributed by atoms with Gasteiger partial charge in [0.25, 0.3) is 5.56 Å². The first-order chi connectivity index (χ1) is 6.27. The van der Waals surface area contributed by atoms with Gasteiger partial charge in [0.2, 0.25) is 0 Å². The summed E-state index contributed by atoms with van der Waals surface area (Å²) in [6.45, 7) is 2.08. The van der Waals surface area contributed by atoms with Gasteiger partial charge in [-0.25, -0.2) is 0 Å². The molecule has 3 nitrogen and oxygen atoms in total. The third kappa shape index (κ3) is 1.84. The molecule has 13 heavy (non-hydrogen) atoms. The predicted molar refractivity (Wildman–Crippen MR) is 55.0 cm³/mol. The zero-order valence-corrected chi connectivity index (χ0v) is 8.73. The lowest BCUT2D eigenvalue weighted by Crippen LogP contribution is -2.11. The van der Waals surface area contributed by atoms with Gasteiger partial charge in [0, 0.05) is 12.7 Å². The Morgan fingerprint density at radius 2 is 2.38 bits per heavy atom. The highest BCUT2D eigenvalue weighted by molar-refractivity contribution is 9.10. The first kappa shape index (κ1) is 8.97. The Bertz CT molecular complexity index is 355. The van der Waals surface area contributed by atoms with E-state index >= 15 is 0 Å². The highest BCUT2D eigenvalue weighted by atomic mass is 79.9. The van der Waals surface area contributed by atoms with E-state index in [0.29, 0.717) is 10.4 Å². The van der Waals surface area contributed by atoms with Crippen molar-refractivity contribution in [2.75, 3.05) is 13.1 Å². The molecule has 70 valence electrons. The SMILES string of the molecule is O=c1[nH]cc(C2CCNC2)cc1Br. The highest BCUT2D eigenvalue weighted by Gasteiger charge is 2.16. The van der Waals surface area contributed by atoms with E-state index in [0.717, 1.165) is 19.5 Å². The number of halogens is 1. The van der Waals surface area contributed by atoms with Gasteiger partial charge in [-0.15, -0.1) is 0 Å². The Kier molecular flexibility index (Phi) is 2.51. The molecule has 1 fully saturated rings. The molecule has 0 aliphatic carbocycles. The Balaban J connectivity index is 2.30. The molecule has 0 spiro atoms. The number of hydrogen-bond donors (Lipinski definition) is 2. The molecule has 0 amide bonds. The number of aromatic amines is 1. The Morgan fingerprint density at radius 3 is 3.00 bits per heavy atom. The summed E-state index contributed by atoms with van der Waals surface area (Å²) in [7, 11) is 0. The fourth-order valence-electron chi connectivity index (χ4n) is 1.65. The van der Waals surface area contributed by atoms with Crippen LogP contribution in [0.15, 0.2) is 21.5 Å². The minimum atomic E-state index is -0.0605. The van der Waals surface area contributed by atoms with Gasteiger partial charge in [-0.05, 0) is 46.4 Å². The molecule has 0 saturated carbocycles. The van der Waals surface area contributed by atoms with Crippen LogP contribution in [-0.2, 0) is 0 Å². The lowest BCUT2D eigenvalue weighted by molar-refractivity contribution is 0.756. The summed E-state index contributed by atoms with van der Waals surface area (Å²) in [5.74, 6) is 0.549. The molecule has 2 rings (SSSR count). The summed E-state index contributed by atoms with van der Waals surface area (Å²) in [4.78, 5) is 13.8. The van der Waals surface area contributed by atoms with E-state index in [1.165, 1.54) is 5.56 Å². The Hall–Kier alpha value is -0.610. The van der Waals surface area contributed by atoms with Gasteiger partial charge in [-0.3, -0.25) is 4.79 Å². The van der Waals surface area contributed by atoms with Crippen LogP contribution >= 0.6 is 15.9 Å². The van der Waals surface area contributed by atoms with Gasteiger partial charge in [0.15, 0.2) is 0 Å². The summed E-state index contributed by atoms with van der Waals surface area (Å²) in [6.07, 6.45) is 2.96. The standard InChI is InChI=1S/C9H11BrN2O/c10-8-3-7(5-12-9(8)13)6-1-2-11-4-6/h3,5-6,11H,1-2,4H2,(H,12,13). The first-order valence-electron chi connectivity index (χ1n) is 4.36. The number of H-pyrrole nitrogens is 1. The topological polar surface area (TPSA) is 44.9 Å². The lowest BCUT2D eigenvalue weighted by Gasteiger charge is -2.07. The minimum absolute atomic E-state index is 0.0605. The van der Waals surface area contributed by atoms with Gasteiger partial charge in [-0.1, -0.05) is 0 Å². The van der Waals surface area contributed by atoms with Gasteiger partial charge < -0.3 is 10.3 Å². The molecule has 1 aromatic rings. The van der Waals surface area contributed by atoms with E-state index in [1.54, 1.807) is 0 Å². The lowest BCUT2D eigenvalue weighted by atomic mass is 10.0. The third-order valence-corrected chi connectivity index (χ3v) is 3.00. The van der Waals surface area contributed by atoms with E-state index in [2.05, 4.69) is 26.2 Å². The summed E-state index contributed by atoms with van der Waals surface area (Å²) in [5, 5.41) is 3.30. The largest absolute Gasteiger partial charge is 0.328 e. The predicted octanol–water partition coefficient (Wildman–Crippen LogP) is 1.21. The molecule has 2 heterocycles. The molecule has 0 aromatic carbocycles. The highest BCUT2D eigenvalue weighted by Crippen LogP contribution is 2.22. The van der Waals surface area contributed by atoms with Crippen LogP contribution in [-0.4, -0.2) is 18.1 Å². The molecular weight excluding hydrogens is 232 g/mol. The van der Waals surface area contributed by atoms with Crippen molar-refractivity contribution in [3.63, 3.8) is 0 Å². The average Bonchev–Trinajstić information content (AvgIpc) is 2.62. The number of nitrogens with one attached hydrogen (secondary N) is 2. The Labute approximate surface area is 84.7 Å². The molecule has 1 saturated heterocycles. The van der Waals surface area contributed by atoms with Crippen molar-refractivity contribution in [1.29, 1.82) is 0 Å². The van der Waals surface area contributed by atoms with Crippen LogP contribution in [0.5, 0.6) is 0 Å². The molecular formula is C9H11BrN2O. The molecule has 1 aliphatic heterocycles. The van der Waals surface area contributed by atoms with Crippen LogP contribution in [0.1, 0.15) is 17.9 Å². The monoisotopic (exact) mass is 242 g/mol. The number of rotatable bonds is 1. The quantitative estimate of drug-likeness (QED) is 0.778. The molecule has 1 aromatic heterocycles. The number of aromatic nitrogens is 1. The van der Waals surface area contributed by atoms with Crippen molar-refractivity contribution in [1.82, 2.24) is 10.3 Å². The molecule has 0 radical (unpaired) electrons. The molecule has 1 unspecified atom stereocenters. The van der Waals surface area contributed by atoms with Crippen LogP contribution in [0.2, 0.25) is 0 Å². The smallest absolute Gasteiger partial charge is 0.262 e. The number of hydrogen-bond acceptors (Lipinski definition) is 2. The normalized spacial score (nSPS) is 22.1. The first-order valence-corrected chi connectivity index (χ1v) is 5.15. The second kappa shape index (κ2) is 3.64. The van der Waals surface area contributed by atoms with E-state index in [9.17, 15) is 4.79 Å². The average molecular weight is 243 g/mol. The van der Waals surface area contributed by atoms with Crippen molar-refractivity contribution >= 4 is 15.9 Å². The van der Waals surface area contributed by atoms with E-state index in [-0.39, 0.29) is 5.56 Å². The van der Waals surface area contributed by atoms with E-state index in [4.69, 9.17) is 0 Å². The van der Waals surface area contributed by atoms with Gasteiger partial charge in [0.05, 0.1) is 4.47 Å². The fourth-order valence-corrected chi connectivity index (χ4v) is 2.03. The van der Waals surface area contributed by atoms with Crippen molar-refractivity contribution in [3.05, 3.63) is 32.7 Å². The maximum atomic E-state index is 11.1. The second-order valence-corrected chi connectivity index (χ2v) is 4.15. The maximum Gasteiger partial charge on any atom is 0.262 e. The van der Waals surface area contributed by atoms with Gasteiger partial charge >= 0.3 is 0 Å². The number of pyridine rings is 1. The fraction of sp³-hybridized carbons (Fsp3) is 0.444. The van der Waals surface area contributed by atoms with Crippen LogP contribution in [0.4, 0.5) is 0 Å². The molecule has 1 aliphatic rings. The van der Waals surface area contributed by atoms with Crippen LogP contribution in [0, 0.1) is 0 Å². The van der Waals surface area contributed by atoms with Crippen molar-refractivity contribution < 1.29 is 0 Å². The third-order valence-electron chi connectivity index (χ3n) is 2.41. The van der Waals surface area contributed by atoms with Crippen molar-refractivity contribution in [2.45, 2.75) is 12.3 Å². The van der Waals surface area contributed by atoms with Crippen molar-refractivity contribution in [3.8, 4) is 0 Å². The molecule has 2 N–H and O–H groups in total. The van der Waals surface area contributed by atoms with Crippen molar-refractivity contribution in [2.24, 2.45) is 0 Å². The summed E-state index contributed by atoms with van der Waals surface area (Å²) in [6, 6.07) is 1.91. The maximum absolute atomic E-state index is 11.1. The Morgan fingerprint density at radius 1 is 1.54 bits per heavy atom. The van der Waals surface area contributed by atoms with Crippen LogP contribution in [0.3, 0.4) is 0 Å². The minimum Gasteiger partial charge on any atom is -0.328 e. The summed E-state index contributed by atoms with van der Waals surface area (Å²) in [5.41, 5.74) is 1.14.